The average Bonchev–Trinajstić information content (AvgIpc) is 3.22. The van der Waals surface area contributed by atoms with E-state index in [0.29, 0.717) is 23.5 Å². The van der Waals surface area contributed by atoms with Crippen LogP contribution in [0.3, 0.4) is 0 Å². The summed E-state index contributed by atoms with van der Waals surface area (Å²) in [5.74, 6) is -0.0753. The maximum Gasteiger partial charge on any atom is 0.276 e. The zero-order valence-corrected chi connectivity index (χ0v) is 19.5. The number of fused-ring (bicyclic) bond motifs is 3. The summed E-state index contributed by atoms with van der Waals surface area (Å²) in [7, 11) is 0. The first-order valence-corrected chi connectivity index (χ1v) is 11.8. The number of aryl methyl sites for hydroxylation is 1. The molecule has 4 aromatic rings. The molecule has 3 heterocycles. The zero-order valence-electron chi connectivity index (χ0n) is 17.9. The van der Waals surface area contributed by atoms with E-state index in [0.717, 1.165) is 39.3 Å². The van der Waals surface area contributed by atoms with E-state index in [2.05, 4.69) is 10.00 Å². The first-order valence-electron chi connectivity index (χ1n) is 10.6. The van der Waals surface area contributed by atoms with Gasteiger partial charge in [0.1, 0.15) is 6.04 Å². The summed E-state index contributed by atoms with van der Waals surface area (Å²) >= 11 is 7.56. The molecule has 0 aliphatic carbocycles. The molecule has 0 radical (unpaired) electrons. The number of rotatable bonds is 3. The summed E-state index contributed by atoms with van der Waals surface area (Å²) in [6.07, 6.45) is 0. The van der Waals surface area contributed by atoms with Gasteiger partial charge in [-0.05, 0) is 44.2 Å². The number of hydrogen-bond acceptors (Lipinski definition) is 5. The third kappa shape index (κ3) is 3.55. The monoisotopic (exact) mass is 466 g/mol. The summed E-state index contributed by atoms with van der Waals surface area (Å²) in [4.78, 5) is 30.7. The van der Waals surface area contributed by atoms with Crippen molar-refractivity contribution in [3.63, 3.8) is 0 Å². The van der Waals surface area contributed by atoms with Gasteiger partial charge in [0.15, 0.2) is 0 Å². The maximum absolute atomic E-state index is 13.4. The van der Waals surface area contributed by atoms with Crippen LogP contribution in [0.2, 0.25) is 5.02 Å². The van der Waals surface area contributed by atoms with Gasteiger partial charge in [-0.1, -0.05) is 29.8 Å². The van der Waals surface area contributed by atoms with Crippen LogP contribution in [0.15, 0.2) is 53.3 Å². The van der Waals surface area contributed by atoms with Crippen molar-refractivity contribution < 1.29 is 4.79 Å². The quantitative estimate of drug-likeness (QED) is 0.446. The predicted octanol–water partition coefficient (Wildman–Crippen LogP) is 4.48. The van der Waals surface area contributed by atoms with Crippen LogP contribution in [0.5, 0.6) is 0 Å². The van der Waals surface area contributed by atoms with Crippen molar-refractivity contribution in [1.29, 1.82) is 0 Å². The Bertz CT molecular complexity index is 1370. The van der Waals surface area contributed by atoms with Gasteiger partial charge in [-0.3, -0.25) is 9.59 Å². The molecule has 1 amide bonds. The van der Waals surface area contributed by atoms with E-state index in [-0.39, 0.29) is 11.5 Å². The third-order valence-electron chi connectivity index (χ3n) is 6.11. The summed E-state index contributed by atoms with van der Waals surface area (Å²) in [6, 6.07) is 15.0. The minimum atomic E-state index is -0.661. The molecule has 2 aromatic carbocycles. The SMILES string of the molecule is Cc1nn([C@@H](C)C(=O)N2CCN(c3ccc(Cl)cc3)CC2)c(=O)c2c1sc1ccccc12. The van der Waals surface area contributed by atoms with Crippen molar-refractivity contribution in [2.24, 2.45) is 0 Å². The van der Waals surface area contributed by atoms with Gasteiger partial charge in [0.05, 0.1) is 15.8 Å². The molecule has 0 spiro atoms. The molecular weight excluding hydrogens is 444 g/mol. The van der Waals surface area contributed by atoms with Crippen molar-refractivity contribution >= 4 is 54.7 Å². The van der Waals surface area contributed by atoms with Crippen LogP contribution in [0.4, 0.5) is 5.69 Å². The summed E-state index contributed by atoms with van der Waals surface area (Å²) in [5.41, 5.74) is 1.66. The van der Waals surface area contributed by atoms with E-state index in [1.807, 2.05) is 60.4 Å². The number of benzene rings is 2. The van der Waals surface area contributed by atoms with Gasteiger partial charge < -0.3 is 9.80 Å². The highest BCUT2D eigenvalue weighted by molar-refractivity contribution is 7.26. The fourth-order valence-electron chi connectivity index (χ4n) is 4.35. The van der Waals surface area contributed by atoms with Gasteiger partial charge in [0.2, 0.25) is 5.91 Å². The third-order valence-corrected chi connectivity index (χ3v) is 7.64. The lowest BCUT2D eigenvalue weighted by molar-refractivity contribution is -0.135. The molecule has 1 fully saturated rings. The van der Waals surface area contributed by atoms with Gasteiger partial charge in [-0.2, -0.15) is 5.10 Å². The smallest absolute Gasteiger partial charge is 0.276 e. The van der Waals surface area contributed by atoms with Crippen LogP contribution in [0.25, 0.3) is 20.2 Å². The number of thiophene rings is 1. The Kier molecular flexibility index (Phi) is 5.39. The number of halogens is 1. The summed E-state index contributed by atoms with van der Waals surface area (Å²) < 4.78 is 3.31. The Labute approximate surface area is 194 Å². The number of carbonyl (C=O) groups excluding carboxylic acids is 1. The lowest BCUT2D eigenvalue weighted by Crippen LogP contribution is -2.51. The first-order chi connectivity index (χ1) is 15.4. The van der Waals surface area contributed by atoms with Crippen molar-refractivity contribution in [2.75, 3.05) is 31.1 Å². The van der Waals surface area contributed by atoms with Crippen LogP contribution >= 0.6 is 22.9 Å². The van der Waals surface area contributed by atoms with Crippen LogP contribution in [-0.4, -0.2) is 46.8 Å². The second kappa shape index (κ2) is 8.22. The van der Waals surface area contributed by atoms with E-state index in [1.165, 1.54) is 4.68 Å². The predicted molar refractivity (Wildman–Crippen MR) is 131 cm³/mol. The molecule has 2 aromatic heterocycles. The van der Waals surface area contributed by atoms with Crippen LogP contribution in [0.1, 0.15) is 18.7 Å². The summed E-state index contributed by atoms with van der Waals surface area (Å²) in [6.45, 7) is 6.33. The van der Waals surface area contributed by atoms with E-state index < -0.39 is 6.04 Å². The Morgan fingerprint density at radius 2 is 1.75 bits per heavy atom. The lowest BCUT2D eigenvalue weighted by Gasteiger charge is -2.37. The molecule has 164 valence electrons. The number of carbonyl (C=O) groups is 1. The van der Waals surface area contributed by atoms with Gasteiger partial charge in [0, 0.05) is 47.0 Å². The van der Waals surface area contributed by atoms with Crippen molar-refractivity contribution in [1.82, 2.24) is 14.7 Å². The second-order valence-corrected chi connectivity index (χ2v) is 9.59. The van der Waals surface area contributed by atoms with Crippen molar-refractivity contribution in [2.45, 2.75) is 19.9 Å². The highest BCUT2D eigenvalue weighted by Crippen LogP contribution is 2.33. The molecule has 32 heavy (non-hydrogen) atoms. The molecule has 0 N–H and O–H groups in total. The fraction of sp³-hybridized carbons (Fsp3) is 0.292. The van der Waals surface area contributed by atoms with Crippen molar-refractivity contribution in [3.05, 3.63) is 69.6 Å². The number of anilines is 1. The molecule has 8 heteroatoms. The molecular formula is C24H23ClN4O2S. The molecule has 6 nitrogen and oxygen atoms in total. The molecule has 1 saturated heterocycles. The zero-order chi connectivity index (χ0) is 22.4. The maximum atomic E-state index is 13.4. The average molecular weight is 467 g/mol. The standard InChI is InChI=1S/C24H23ClN4O2S/c1-15-22-21(19-5-3-4-6-20(19)32-22)24(31)29(26-15)16(2)23(30)28-13-11-27(12-14-28)18-9-7-17(25)8-10-18/h3-10,16H,11-14H2,1-2H3/t16-/m0/s1. The molecule has 1 aliphatic rings. The normalized spacial score (nSPS) is 15.5. The van der Waals surface area contributed by atoms with Gasteiger partial charge in [-0.25, -0.2) is 4.68 Å². The molecule has 1 atom stereocenters. The first kappa shape index (κ1) is 21.0. The number of amides is 1. The van der Waals surface area contributed by atoms with Crippen LogP contribution in [-0.2, 0) is 4.79 Å². The highest BCUT2D eigenvalue weighted by Gasteiger charge is 2.28. The Morgan fingerprint density at radius 3 is 2.47 bits per heavy atom. The van der Waals surface area contributed by atoms with E-state index in [4.69, 9.17) is 11.6 Å². The Balaban J connectivity index is 1.39. The van der Waals surface area contributed by atoms with Gasteiger partial charge in [0.25, 0.3) is 5.56 Å². The topological polar surface area (TPSA) is 58.4 Å². The Hall–Kier alpha value is -2.90. The van der Waals surface area contributed by atoms with E-state index >= 15 is 0 Å². The molecule has 0 bridgehead atoms. The van der Waals surface area contributed by atoms with E-state index in [1.54, 1.807) is 18.3 Å². The van der Waals surface area contributed by atoms with Crippen LogP contribution < -0.4 is 10.5 Å². The fourth-order valence-corrected chi connectivity index (χ4v) is 5.61. The number of nitrogens with zero attached hydrogens (tertiary/aromatic N) is 4. The van der Waals surface area contributed by atoms with E-state index in [9.17, 15) is 9.59 Å². The largest absolute Gasteiger partial charge is 0.368 e. The van der Waals surface area contributed by atoms with Gasteiger partial charge in [-0.15, -0.1) is 11.3 Å². The molecule has 0 saturated carbocycles. The minimum absolute atomic E-state index is 0.0753. The summed E-state index contributed by atoms with van der Waals surface area (Å²) in [5, 5.41) is 6.82. The molecule has 0 unspecified atom stereocenters. The Morgan fingerprint density at radius 1 is 1.06 bits per heavy atom. The highest BCUT2D eigenvalue weighted by atomic mass is 35.5. The second-order valence-electron chi connectivity index (χ2n) is 8.10. The lowest BCUT2D eigenvalue weighted by atomic mass is 10.1. The minimum Gasteiger partial charge on any atom is -0.368 e. The number of piperazine rings is 1. The molecule has 5 rings (SSSR count). The number of hydrogen-bond donors (Lipinski definition) is 0. The van der Waals surface area contributed by atoms with Crippen molar-refractivity contribution in [3.8, 4) is 0 Å². The number of aromatic nitrogens is 2. The van der Waals surface area contributed by atoms with Crippen LogP contribution in [0, 0.1) is 6.92 Å². The molecule has 1 aliphatic heterocycles. The van der Waals surface area contributed by atoms with Gasteiger partial charge >= 0.3 is 0 Å².